The lowest BCUT2D eigenvalue weighted by atomic mass is 9.91. The largest absolute Gasteiger partial charge is 0.496 e. The number of rotatable bonds is 5. The average Bonchev–Trinajstić information content (AvgIpc) is 3.07. The van der Waals surface area contributed by atoms with E-state index in [1.807, 2.05) is 47.0 Å². The number of benzene rings is 1. The Kier molecular flexibility index (Phi) is 5.38. The standard InChI is InChI=1S/C19H25N3O3/c1-21-11-9-20-19(21)18(24)15-7-5-10-22(13-15)17(23)12-14-6-3-4-8-16(14)25-2/h3-4,6,8-9,11,15,18,24H,5,7,10,12-13H2,1-2H3. The zero-order valence-electron chi connectivity index (χ0n) is 14.8. The number of ether oxygens (including phenoxy) is 1. The molecule has 2 unspecified atom stereocenters. The minimum absolute atomic E-state index is 0.0106. The highest BCUT2D eigenvalue weighted by molar-refractivity contribution is 5.79. The van der Waals surface area contributed by atoms with Gasteiger partial charge in [0.2, 0.25) is 5.91 Å². The van der Waals surface area contributed by atoms with Crippen molar-refractivity contribution in [1.82, 2.24) is 14.5 Å². The van der Waals surface area contributed by atoms with E-state index in [9.17, 15) is 9.90 Å². The van der Waals surface area contributed by atoms with E-state index >= 15 is 0 Å². The van der Waals surface area contributed by atoms with E-state index < -0.39 is 6.10 Å². The van der Waals surface area contributed by atoms with Crippen molar-refractivity contribution >= 4 is 5.91 Å². The molecular weight excluding hydrogens is 318 g/mol. The Balaban J connectivity index is 1.66. The first-order valence-corrected chi connectivity index (χ1v) is 8.65. The Morgan fingerprint density at radius 2 is 2.24 bits per heavy atom. The lowest BCUT2D eigenvalue weighted by Crippen LogP contribution is -2.42. The van der Waals surface area contributed by atoms with Crippen LogP contribution in [0.25, 0.3) is 0 Å². The van der Waals surface area contributed by atoms with Crippen LogP contribution in [-0.4, -0.2) is 45.7 Å². The summed E-state index contributed by atoms with van der Waals surface area (Å²) >= 11 is 0. The molecule has 2 aromatic rings. The van der Waals surface area contributed by atoms with Crippen LogP contribution in [0.4, 0.5) is 0 Å². The molecule has 6 heteroatoms. The Morgan fingerprint density at radius 1 is 1.44 bits per heavy atom. The number of aryl methyl sites for hydroxylation is 1. The highest BCUT2D eigenvalue weighted by atomic mass is 16.5. The van der Waals surface area contributed by atoms with Crippen molar-refractivity contribution in [2.75, 3.05) is 20.2 Å². The van der Waals surface area contributed by atoms with Gasteiger partial charge in [-0.2, -0.15) is 0 Å². The van der Waals surface area contributed by atoms with E-state index in [1.165, 1.54) is 0 Å². The van der Waals surface area contributed by atoms with Gasteiger partial charge in [0.15, 0.2) is 0 Å². The molecule has 25 heavy (non-hydrogen) atoms. The van der Waals surface area contributed by atoms with E-state index in [-0.39, 0.29) is 11.8 Å². The molecular formula is C19H25N3O3. The lowest BCUT2D eigenvalue weighted by molar-refractivity contribution is -0.133. The zero-order chi connectivity index (χ0) is 17.8. The fourth-order valence-electron chi connectivity index (χ4n) is 3.49. The van der Waals surface area contributed by atoms with Gasteiger partial charge in [0.25, 0.3) is 0 Å². The Bertz CT molecular complexity index is 728. The predicted octanol–water partition coefficient (Wildman–Crippen LogP) is 1.94. The van der Waals surface area contributed by atoms with Crippen LogP contribution in [0.15, 0.2) is 36.7 Å². The number of aliphatic hydroxyl groups excluding tert-OH is 1. The van der Waals surface area contributed by atoms with Crippen LogP contribution in [0.1, 0.15) is 30.3 Å². The van der Waals surface area contributed by atoms with Crippen LogP contribution in [0, 0.1) is 5.92 Å². The van der Waals surface area contributed by atoms with Crippen LogP contribution in [0.2, 0.25) is 0 Å². The third-order valence-electron chi connectivity index (χ3n) is 4.91. The summed E-state index contributed by atoms with van der Waals surface area (Å²) in [6.07, 6.45) is 4.96. The minimum Gasteiger partial charge on any atom is -0.496 e. The number of hydrogen-bond donors (Lipinski definition) is 1. The van der Waals surface area contributed by atoms with Crippen molar-refractivity contribution < 1.29 is 14.6 Å². The molecule has 1 aliphatic rings. The molecule has 0 saturated carbocycles. The van der Waals surface area contributed by atoms with E-state index in [4.69, 9.17) is 4.74 Å². The average molecular weight is 343 g/mol. The Morgan fingerprint density at radius 3 is 2.96 bits per heavy atom. The van der Waals surface area contributed by atoms with Crippen molar-refractivity contribution in [3.63, 3.8) is 0 Å². The molecule has 1 aliphatic heterocycles. The van der Waals surface area contributed by atoms with Crippen LogP contribution in [0.3, 0.4) is 0 Å². The molecule has 1 amide bonds. The SMILES string of the molecule is COc1ccccc1CC(=O)N1CCCC(C(O)c2nccn2C)C1. The van der Waals surface area contributed by atoms with Gasteiger partial charge in [-0.15, -0.1) is 0 Å². The summed E-state index contributed by atoms with van der Waals surface area (Å²) in [5, 5.41) is 10.6. The number of nitrogens with zero attached hydrogens (tertiary/aromatic N) is 3. The molecule has 1 fully saturated rings. The zero-order valence-corrected chi connectivity index (χ0v) is 14.8. The van der Waals surface area contributed by atoms with Gasteiger partial charge in [0.1, 0.15) is 17.7 Å². The van der Waals surface area contributed by atoms with Crippen LogP contribution < -0.4 is 4.74 Å². The quantitative estimate of drug-likeness (QED) is 0.901. The summed E-state index contributed by atoms with van der Waals surface area (Å²) in [7, 11) is 3.49. The molecule has 1 aromatic carbocycles. The molecule has 1 aromatic heterocycles. The van der Waals surface area contributed by atoms with E-state index in [0.717, 1.165) is 30.7 Å². The number of hydrogen-bond acceptors (Lipinski definition) is 4. The maximum atomic E-state index is 12.7. The maximum absolute atomic E-state index is 12.7. The van der Waals surface area contributed by atoms with Gasteiger partial charge in [-0.25, -0.2) is 4.98 Å². The van der Waals surface area contributed by atoms with Gasteiger partial charge in [-0.05, 0) is 18.9 Å². The van der Waals surface area contributed by atoms with Crippen molar-refractivity contribution in [2.24, 2.45) is 13.0 Å². The minimum atomic E-state index is -0.651. The number of aromatic nitrogens is 2. The molecule has 0 spiro atoms. The molecule has 1 saturated heterocycles. The van der Waals surface area contributed by atoms with Gasteiger partial charge >= 0.3 is 0 Å². The summed E-state index contributed by atoms with van der Waals surface area (Å²) in [4.78, 5) is 18.8. The molecule has 1 N–H and O–H groups in total. The summed E-state index contributed by atoms with van der Waals surface area (Å²) in [5.41, 5.74) is 0.891. The summed E-state index contributed by atoms with van der Waals surface area (Å²) in [6.45, 7) is 1.29. The molecule has 6 nitrogen and oxygen atoms in total. The van der Waals surface area contributed by atoms with E-state index in [1.54, 1.807) is 13.3 Å². The van der Waals surface area contributed by atoms with E-state index in [0.29, 0.717) is 18.8 Å². The normalized spacial score (nSPS) is 18.8. The van der Waals surface area contributed by atoms with Crippen molar-refractivity contribution in [3.05, 3.63) is 48.0 Å². The highest BCUT2D eigenvalue weighted by Gasteiger charge is 2.31. The fraction of sp³-hybridized carbons (Fsp3) is 0.474. The Labute approximate surface area is 148 Å². The lowest BCUT2D eigenvalue weighted by Gasteiger charge is -2.35. The number of likely N-dealkylation sites (tertiary alicyclic amines) is 1. The summed E-state index contributed by atoms with van der Waals surface area (Å²) < 4.78 is 7.17. The molecule has 134 valence electrons. The van der Waals surface area contributed by atoms with Crippen LogP contribution in [0.5, 0.6) is 5.75 Å². The van der Waals surface area contributed by atoms with Crippen molar-refractivity contribution in [1.29, 1.82) is 0 Å². The topological polar surface area (TPSA) is 67.6 Å². The smallest absolute Gasteiger partial charge is 0.227 e. The number of carbonyl (C=O) groups is 1. The second-order valence-corrected chi connectivity index (χ2v) is 6.57. The van der Waals surface area contributed by atoms with Crippen molar-refractivity contribution in [3.8, 4) is 5.75 Å². The first-order valence-electron chi connectivity index (χ1n) is 8.65. The number of imidazole rings is 1. The number of amides is 1. The fourth-order valence-corrected chi connectivity index (χ4v) is 3.49. The summed E-state index contributed by atoms with van der Waals surface area (Å²) in [6, 6.07) is 7.59. The number of piperidine rings is 1. The van der Waals surface area contributed by atoms with Crippen LogP contribution in [-0.2, 0) is 18.3 Å². The first kappa shape index (κ1) is 17.5. The van der Waals surface area contributed by atoms with Gasteiger partial charge in [-0.1, -0.05) is 18.2 Å². The van der Waals surface area contributed by atoms with Gasteiger partial charge in [0, 0.05) is 44.0 Å². The number of aliphatic hydroxyl groups is 1. The maximum Gasteiger partial charge on any atom is 0.227 e. The third-order valence-corrected chi connectivity index (χ3v) is 4.91. The van der Waals surface area contributed by atoms with Gasteiger partial charge < -0.3 is 19.3 Å². The molecule has 0 aliphatic carbocycles. The molecule has 0 bridgehead atoms. The van der Waals surface area contributed by atoms with Gasteiger partial charge in [0.05, 0.1) is 13.5 Å². The van der Waals surface area contributed by atoms with Gasteiger partial charge in [-0.3, -0.25) is 4.79 Å². The second kappa shape index (κ2) is 7.70. The first-order chi connectivity index (χ1) is 12.1. The number of methoxy groups -OCH3 is 1. The Hall–Kier alpha value is -2.34. The molecule has 3 rings (SSSR count). The molecule has 2 atom stereocenters. The summed E-state index contributed by atoms with van der Waals surface area (Å²) in [5.74, 6) is 1.47. The van der Waals surface area contributed by atoms with E-state index in [2.05, 4.69) is 4.98 Å². The van der Waals surface area contributed by atoms with Crippen molar-refractivity contribution in [2.45, 2.75) is 25.4 Å². The molecule has 0 radical (unpaired) electrons. The third kappa shape index (κ3) is 3.85. The van der Waals surface area contributed by atoms with Crippen LogP contribution >= 0.6 is 0 Å². The monoisotopic (exact) mass is 343 g/mol. The number of carbonyl (C=O) groups excluding carboxylic acids is 1. The number of para-hydroxylation sites is 1. The molecule has 2 heterocycles. The highest BCUT2D eigenvalue weighted by Crippen LogP contribution is 2.29. The second-order valence-electron chi connectivity index (χ2n) is 6.57. The predicted molar refractivity (Wildman–Crippen MR) is 94.2 cm³/mol.